The standard InChI is InChI=1S/C13H23N3OS/c1-5-9-7-16-12(18-9)8-15-11(17)6-10(14)13(2,3)4/h7,10H,5-6,8,14H2,1-4H3,(H,15,17). The topological polar surface area (TPSA) is 68.0 Å². The zero-order valence-electron chi connectivity index (χ0n) is 11.6. The highest BCUT2D eigenvalue weighted by Crippen LogP contribution is 2.19. The van der Waals surface area contributed by atoms with Crippen LogP contribution in [0.4, 0.5) is 0 Å². The van der Waals surface area contributed by atoms with E-state index >= 15 is 0 Å². The monoisotopic (exact) mass is 269 g/mol. The van der Waals surface area contributed by atoms with Crippen molar-refractivity contribution in [2.45, 2.75) is 53.1 Å². The zero-order chi connectivity index (χ0) is 13.8. The molecular weight excluding hydrogens is 246 g/mol. The van der Waals surface area contributed by atoms with Gasteiger partial charge in [0.1, 0.15) is 5.01 Å². The number of rotatable bonds is 5. The maximum atomic E-state index is 11.7. The Bertz CT molecular complexity index is 395. The largest absolute Gasteiger partial charge is 0.350 e. The fourth-order valence-corrected chi connectivity index (χ4v) is 2.15. The maximum Gasteiger partial charge on any atom is 0.221 e. The van der Waals surface area contributed by atoms with E-state index in [1.54, 1.807) is 11.3 Å². The van der Waals surface area contributed by atoms with Gasteiger partial charge in [0.25, 0.3) is 0 Å². The van der Waals surface area contributed by atoms with E-state index in [-0.39, 0.29) is 17.4 Å². The number of amides is 1. The molecule has 0 aromatic carbocycles. The van der Waals surface area contributed by atoms with Crippen molar-refractivity contribution in [2.75, 3.05) is 0 Å². The van der Waals surface area contributed by atoms with E-state index in [1.807, 2.05) is 27.0 Å². The Labute approximate surface area is 113 Å². The zero-order valence-corrected chi connectivity index (χ0v) is 12.4. The maximum absolute atomic E-state index is 11.7. The number of nitrogens with two attached hydrogens (primary N) is 1. The highest BCUT2D eigenvalue weighted by atomic mass is 32.1. The molecule has 0 aliphatic heterocycles. The second kappa shape index (κ2) is 6.29. The molecular formula is C13H23N3OS. The van der Waals surface area contributed by atoms with Gasteiger partial charge in [-0.05, 0) is 11.8 Å². The van der Waals surface area contributed by atoms with Crippen LogP contribution in [-0.4, -0.2) is 16.9 Å². The minimum absolute atomic E-state index is 0.00864. The molecule has 5 heteroatoms. The third-order valence-electron chi connectivity index (χ3n) is 2.90. The normalized spacial score (nSPS) is 13.4. The molecule has 18 heavy (non-hydrogen) atoms. The van der Waals surface area contributed by atoms with Crippen molar-refractivity contribution in [1.82, 2.24) is 10.3 Å². The molecule has 1 aromatic rings. The fraction of sp³-hybridized carbons (Fsp3) is 0.692. The van der Waals surface area contributed by atoms with Crippen molar-refractivity contribution in [3.63, 3.8) is 0 Å². The van der Waals surface area contributed by atoms with Gasteiger partial charge in [-0.15, -0.1) is 11.3 Å². The molecule has 4 nitrogen and oxygen atoms in total. The number of aromatic nitrogens is 1. The van der Waals surface area contributed by atoms with Crippen LogP contribution in [0.5, 0.6) is 0 Å². The first-order valence-corrected chi connectivity index (χ1v) is 7.10. The molecule has 1 rings (SSSR count). The summed E-state index contributed by atoms with van der Waals surface area (Å²) in [6.07, 6.45) is 3.21. The van der Waals surface area contributed by atoms with Crippen LogP contribution in [0.3, 0.4) is 0 Å². The first-order valence-electron chi connectivity index (χ1n) is 6.28. The fourth-order valence-electron chi connectivity index (χ4n) is 1.35. The molecule has 1 aromatic heterocycles. The smallest absolute Gasteiger partial charge is 0.221 e. The van der Waals surface area contributed by atoms with Crippen LogP contribution < -0.4 is 11.1 Å². The van der Waals surface area contributed by atoms with Crippen molar-refractivity contribution < 1.29 is 4.79 Å². The molecule has 3 N–H and O–H groups in total. The van der Waals surface area contributed by atoms with E-state index in [4.69, 9.17) is 5.73 Å². The number of thiazole rings is 1. The predicted molar refractivity (Wildman–Crippen MR) is 75.4 cm³/mol. The van der Waals surface area contributed by atoms with Crippen molar-refractivity contribution in [2.24, 2.45) is 11.1 Å². The molecule has 0 saturated carbocycles. The summed E-state index contributed by atoms with van der Waals surface area (Å²) < 4.78 is 0. The van der Waals surface area contributed by atoms with Crippen LogP contribution in [0.15, 0.2) is 6.20 Å². The SMILES string of the molecule is CCc1cnc(CNC(=O)CC(N)C(C)(C)C)s1. The van der Waals surface area contributed by atoms with Gasteiger partial charge in [0.15, 0.2) is 0 Å². The van der Waals surface area contributed by atoms with E-state index < -0.39 is 0 Å². The summed E-state index contributed by atoms with van der Waals surface area (Å²) in [6, 6.07) is -0.125. The van der Waals surface area contributed by atoms with Gasteiger partial charge in [-0.25, -0.2) is 4.98 Å². The summed E-state index contributed by atoms with van der Waals surface area (Å²) >= 11 is 1.64. The van der Waals surface area contributed by atoms with Crippen LogP contribution >= 0.6 is 11.3 Å². The van der Waals surface area contributed by atoms with Crippen LogP contribution in [0.2, 0.25) is 0 Å². The average molecular weight is 269 g/mol. The van der Waals surface area contributed by atoms with E-state index in [9.17, 15) is 4.79 Å². The Morgan fingerprint density at radius 2 is 2.22 bits per heavy atom. The van der Waals surface area contributed by atoms with E-state index in [1.165, 1.54) is 4.88 Å². The van der Waals surface area contributed by atoms with Crippen molar-refractivity contribution in [3.05, 3.63) is 16.1 Å². The summed E-state index contributed by atoms with van der Waals surface area (Å²) in [5.74, 6) is -0.00864. The van der Waals surface area contributed by atoms with Gasteiger partial charge in [-0.3, -0.25) is 4.79 Å². The Morgan fingerprint density at radius 3 is 2.72 bits per heavy atom. The third-order valence-corrected chi connectivity index (χ3v) is 4.05. The second-order valence-corrected chi connectivity index (χ2v) is 6.73. The highest BCUT2D eigenvalue weighted by molar-refractivity contribution is 7.11. The summed E-state index contributed by atoms with van der Waals surface area (Å²) in [6.45, 7) is 8.72. The third kappa shape index (κ3) is 4.74. The van der Waals surface area contributed by atoms with Gasteiger partial charge in [0, 0.05) is 23.5 Å². The molecule has 0 radical (unpaired) electrons. The Balaban J connectivity index is 2.37. The molecule has 0 spiro atoms. The number of nitrogens with zero attached hydrogens (tertiary/aromatic N) is 1. The number of aryl methyl sites for hydroxylation is 1. The van der Waals surface area contributed by atoms with Crippen molar-refractivity contribution in [1.29, 1.82) is 0 Å². The summed E-state index contributed by atoms with van der Waals surface area (Å²) in [4.78, 5) is 17.2. The molecule has 1 amide bonds. The molecule has 0 aliphatic rings. The van der Waals surface area contributed by atoms with Gasteiger partial charge in [0.05, 0.1) is 6.54 Å². The first-order chi connectivity index (χ1) is 8.32. The summed E-state index contributed by atoms with van der Waals surface area (Å²) in [7, 11) is 0. The molecule has 1 atom stereocenters. The lowest BCUT2D eigenvalue weighted by molar-refractivity contribution is -0.122. The first kappa shape index (κ1) is 15.1. The van der Waals surface area contributed by atoms with Crippen LogP contribution in [0.1, 0.15) is 44.0 Å². The Hall–Kier alpha value is -0.940. The number of nitrogens with one attached hydrogen (secondary N) is 1. The number of carbonyl (C=O) groups excluding carboxylic acids is 1. The van der Waals surface area contributed by atoms with Crippen molar-refractivity contribution >= 4 is 17.2 Å². The minimum Gasteiger partial charge on any atom is -0.350 e. The van der Waals surface area contributed by atoms with Crippen LogP contribution in [0.25, 0.3) is 0 Å². The molecule has 0 bridgehead atoms. The number of hydrogen-bond acceptors (Lipinski definition) is 4. The van der Waals surface area contributed by atoms with Gasteiger partial charge in [0.2, 0.25) is 5.91 Å². The van der Waals surface area contributed by atoms with E-state index in [0.29, 0.717) is 13.0 Å². The number of hydrogen-bond donors (Lipinski definition) is 2. The van der Waals surface area contributed by atoms with Gasteiger partial charge in [-0.1, -0.05) is 27.7 Å². The highest BCUT2D eigenvalue weighted by Gasteiger charge is 2.23. The number of carbonyl (C=O) groups is 1. The quantitative estimate of drug-likeness (QED) is 0.860. The van der Waals surface area contributed by atoms with Gasteiger partial charge in [-0.2, -0.15) is 0 Å². The molecule has 0 fully saturated rings. The lowest BCUT2D eigenvalue weighted by Crippen LogP contribution is -2.40. The summed E-state index contributed by atoms with van der Waals surface area (Å²) in [5.41, 5.74) is 5.92. The lowest BCUT2D eigenvalue weighted by Gasteiger charge is -2.26. The molecule has 1 unspecified atom stereocenters. The average Bonchev–Trinajstić information content (AvgIpc) is 2.73. The minimum atomic E-state index is -0.125. The van der Waals surface area contributed by atoms with E-state index in [2.05, 4.69) is 17.2 Å². The van der Waals surface area contributed by atoms with Gasteiger partial charge < -0.3 is 11.1 Å². The predicted octanol–water partition coefficient (Wildman–Crippen LogP) is 2.09. The van der Waals surface area contributed by atoms with Gasteiger partial charge >= 0.3 is 0 Å². The molecule has 0 saturated heterocycles. The molecule has 102 valence electrons. The van der Waals surface area contributed by atoms with Crippen LogP contribution in [-0.2, 0) is 17.8 Å². The van der Waals surface area contributed by atoms with E-state index in [0.717, 1.165) is 11.4 Å². The molecule has 0 aliphatic carbocycles. The second-order valence-electron chi connectivity index (χ2n) is 5.53. The van der Waals surface area contributed by atoms with Crippen LogP contribution in [0, 0.1) is 5.41 Å². The lowest BCUT2D eigenvalue weighted by atomic mass is 9.85. The molecule has 1 heterocycles. The van der Waals surface area contributed by atoms with Crippen molar-refractivity contribution in [3.8, 4) is 0 Å². The Kier molecular flexibility index (Phi) is 5.28. The summed E-state index contributed by atoms with van der Waals surface area (Å²) in [5, 5.41) is 3.82. The Morgan fingerprint density at radius 1 is 1.56 bits per heavy atom.